The van der Waals surface area contributed by atoms with Gasteiger partial charge in [-0.05, 0) is 12.0 Å². The predicted molar refractivity (Wildman–Crippen MR) is 58.9 cm³/mol. The molecule has 0 atom stereocenters. The third-order valence-electron chi connectivity index (χ3n) is 2.03. The molecular weight excluding hydrogens is 190 g/mol. The normalized spacial score (nSPS) is 9.93. The van der Waals surface area contributed by atoms with Crippen molar-refractivity contribution in [1.29, 1.82) is 0 Å². The van der Waals surface area contributed by atoms with E-state index in [2.05, 4.69) is 12.4 Å². The lowest BCUT2D eigenvalue weighted by atomic mass is 10.2. The number of benzene rings is 1. The number of rotatable bonds is 6. The molecule has 0 unspecified atom stereocenters. The lowest BCUT2D eigenvalue weighted by molar-refractivity contribution is -0.134. The number of amides is 1. The van der Waals surface area contributed by atoms with Crippen LogP contribution in [0.5, 0.6) is 0 Å². The molecule has 0 aliphatic rings. The molecule has 0 heterocycles. The monoisotopic (exact) mass is 207 g/mol. The van der Waals surface area contributed by atoms with Crippen LogP contribution in [0, 0.1) is 0 Å². The van der Waals surface area contributed by atoms with Gasteiger partial charge in [0.1, 0.15) is 0 Å². The van der Waals surface area contributed by atoms with E-state index in [0.717, 1.165) is 18.4 Å². The number of hydrogen-bond acceptors (Lipinski definition) is 2. The van der Waals surface area contributed by atoms with E-state index in [1.807, 2.05) is 30.3 Å². The minimum absolute atomic E-state index is 0.0484. The molecule has 0 spiro atoms. The number of carbonyl (C=O) groups is 1. The minimum atomic E-state index is -0.0484. The molecule has 3 heteroatoms. The zero-order valence-electron chi connectivity index (χ0n) is 9.03. The van der Waals surface area contributed by atoms with Gasteiger partial charge in [-0.2, -0.15) is 0 Å². The summed E-state index contributed by atoms with van der Waals surface area (Å²) < 4.78 is 0. The van der Waals surface area contributed by atoms with Crippen molar-refractivity contribution in [2.75, 3.05) is 0 Å². The molecule has 0 saturated heterocycles. The Hall–Kier alpha value is -1.35. The van der Waals surface area contributed by atoms with Crippen molar-refractivity contribution in [3.05, 3.63) is 35.9 Å². The molecular formula is C12H17NO2. The van der Waals surface area contributed by atoms with E-state index in [1.165, 1.54) is 0 Å². The van der Waals surface area contributed by atoms with Crippen LogP contribution >= 0.6 is 0 Å². The Balaban J connectivity index is 2.14. The first-order valence-electron chi connectivity index (χ1n) is 5.27. The van der Waals surface area contributed by atoms with Crippen molar-refractivity contribution in [2.24, 2.45) is 0 Å². The fraction of sp³-hybridized carbons (Fsp3) is 0.417. The van der Waals surface area contributed by atoms with Crippen LogP contribution in [0.15, 0.2) is 30.3 Å². The number of nitrogens with one attached hydrogen (secondary N) is 1. The summed E-state index contributed by atoms with van der Waals surface area (Å²) in [7, 11) is 0. The summed E-state index contributed by atoms with van der Waals surface area (Å²) >= 11 is 0. The van der Waals surface area contributed by atoms with Gasteiger partial charge in [0, 0.05) is 6.42 Å². The van der Waals surface area contributed by atoms with Crippen LogP contribution in [0.1, 0.15) is 31.7 Å². The lowest BCUT2D eigenvalue weighted by Gasteiger charge is -2.05. The van der Waals surface area contributed by atoms with E-state index in [-0.39, 0.29) is 5.91 Å². The highest BCUT2D eigenvalue weighted by Gasteiger charge is 1.99. The highest BCUT2D eigenvalue weighted by Crippen LogP contribution is 1.99. The van der Waals surface area contributed by atoms with Crippen LogP contribution in [0.3, 0.4) is 0 Å². The summed E-state index contributed by atoms with van der Waals surface area (Å²) in [6, 6.07) is 9.74. The van der Waals surface area contributed by atoms with Gasteiger partial charge in [0.05, 0.1) is 6.61 Å². The average Bonchev–Trinajstić information content (AvgIpc) is 2.28. The second-order valence-electron chi connectivity index (χ2n) is 3.40. The number of hydrogen-bond donors (Lipinski definition) is 1. The molecule has 0 saturated carbocycles. The van der Waals surface area contributed by atoms with E-state index in [9.17, 15) is 4.79 Å². The number of unbranched alkanes of at least 4 members (excludes halogenated alkanes) is 1. The van der Waals surface area contributed by atoms with E-state index in [1.54, 1.807) is 0 Å². The van der Waals surface area contributed by atoms with Crippen LogP contribution < -0.4 is 5.48 Å². The molecule has 0 aromatic heterocycles. The van der Waals surface area contributed by atoms with Crippen molar-refractivity contribution >= 4 is 5.91 Å². The Bertz CT molecular complexity index is 285. The third-order valence-corrected chi connectivity index (χ3v) is 2.03. The van der Waals surface area contributed by atoms with Crippen molar-refractivity contribution in [3.63, 3.8) is 0 Å². The van der Waals surface area contributed by atoms with Crippen LogP contribution in [-0.2, 0) is 16.2 Å². The molecule has 82 valence electrons. The fourth-order valence-corrected chi connectivity index (χ4v) is 1.16. The summed E-state index contributed by atoms with van der Waals surface area (Å²) in [5.41, 5.74) is 3.48. The summed E-state index contributed by atoms with van der Waals surface area (Å²) in [5.74, 6) is -0.0484. The number of hydroxylamine groups is 1. The van der Waals surface area contributed by atoms with Crippen molar-refractivity contribution in [3.8, 4) is 0 Å². The van der Waals surface area contributed by atoms with Gasteiger partial charge in [-0.25, -0.2) is 5.48 Å². The van der Waals surface area contributed by atoms with Gasteiger partial charge in [-0.15, -0.1) is 0 Å². The molecule has 1 aromatic rings. The summed E-state index contributed by atoms with van der Waals surface area (Å²) in [4.78, 5) is 16.2. The predicted octanol–water partition coefficient (Wildman–Crippen LogP) is 2.42. The molecule has 0 fully saturated rings. The van der Waals surface area contributed by atoms with Crippen LogP contribution in [0.4, 0.5) is 0 Å². The van der Waals surface area contributed by atoms with Crippen LogP contribution in [0.2, 0.25) is 0 Å². The first kappa shape index (κ1) is 11.7. The maximum atomic E-state index is 11.2. The Morgan fingerprint density at radius 2 is 2.07 bits per heavy atom. The molecule has 3 nitrogen and oxygen atoms in total. The first-order valence-corrected chi connectivity index (χ1v) is 5.27. The zero-order valence-corrected chi connectivity index (χ0v) is 9.03. The number of carbonyl (C=O) groups excluding carboxylic acids is 1. The maximum absolute atomic E-state index is 11.2. The van der Waals surface area contributed by atoms with Gasteiger partial charge in [-0.1, -0.05) is 43.7 Å². The molecule has 1 amide bonds. The van der Waals surface area contributed by atoms with E-state index < -0.39 is 0 Å². The second kappa shape index (κ2) is 7.01. The summed E-state index contributed by atoms with van der Waals surface area (Å²) in [5, 5.41) is 0. The lowest BCUT2D eigenvalue weighted by Crippen LogP contribution is -2.22. The van der Waals surface area contributed by atoms with Crippen molar-refractivity contribution in [2.45, 2.75) is 32.8 Å². The zero-order chi connectivity index (χ0) is 10.9. The first-order chi connectivity index (χ1) is 7.33. The highest BCUT2D eigenvalue weighted by atomic mass is 16.6. The SMILES string of the molecule is CCCCC(=O)NOCc1ccccc1. The van der Waals surface area contributed by atoms with E-state index in [4.69, 9.17) is 4.84 Å². The molecule has 0 aliphatic carbocycles. The summed E-state index contributed by atoms with van der Waals surface area (Å²) in [6.45, 7) is 2.47. The van der Waals surface area contributed by atoms with Crippen LogP contribution in [0.25, 0.3) is 0 Å². The molecule has 1 N–H and O–H groups in total. The minimum Gasteiger partial charge on any atom is -0.273 e. The van der Waals surface area contributed by atoms with Crippen molar-refractivity contribution in [1.82, 2.24) is 5.48 Å². The second-order valence-corrected chi connectivity index (χ2v) is 3.40. The van der Waals surface area contributed by atoms with Gasteiger partial charge in [0.15, 0.2) is 0 Å². The van der Waals surface area contributed by atoms with Gasteiger partial charge in [0.2, 0.25) is 5.91 Å². The summed E-state index contributed by atoms with van der Waals surface area (Å²) in [6.07, 6.45) is 2.46. The Labute approximate surface area is 90.4 Å². The molecule has 0 bridgehead atoms. The maximum Gasteiger partial charge on any atom is 0.243 e. The van der Waals surface area contributed by atoms with Crippen LogP contribution in [-0.4, -0.2) is 5.91 Å². The van der Waals surface area contributed by atoms with Crippen molar-refractivity contribution < 1.29 is 9.63 Å². The standard InChI is InChI=1S/C12H17NO2/c1-2-3-9-12(14)13-15-10-11-7-5-4-6-8-11/h4-8H,2-3,9-10H2,1H3,(H,13,14). The topological polar surface area (TPSA) is 38.3 Å². The average molecular weight is 207 g/mol. The van der Waals surface area contributed by atoms with Gasteiger partial charge < -0.3 is 0 Å². The molecule has 1 aromatic carbocycles. The molecule has 15 heavy (non-hydrogen) atoms. The third kappa shape index (κ3) is 5.18. The smallest absolute Gasteiger partial charge is 0.243 e. The molecule has 0 aliphatic heterocycles. The Kier molecular flexibility index (Phi) is 5.48. The van der Waals surface area contributed by atoms with Gasteiger partial charge in [-0.3, -0.25) is 9.63 Å². The van der Waals surface area contributed by atoms with E-state index in [0.29, 0.717) is 13.0 Å². The molecule has 0 radical (unpaired) electrons. The van der Waals surface area contributed by atoms with Gasteiger partial charge >= 0.3 is 0 Å². The largest absolute Gasteiger partial charge is 0.273 e. The fourth-order valence-electron chi connectivity index (χ4n) is 1.16. The van der Waals surface area contributed by atoms with E-state index >= 15 is 0 Å². The highest BCUT2D eigenvalue weighted by molar-refractivity contribution is 5.74. The van der Waals surface area contributed by atoms with Gasteiger partial charge in [0.25, 0.3) is 0 Å². The quantitative estimate of drug-likeness (QED) is 0.727. The Morgan fingerprint density at radius 3 is 2.73 bits per heavy atom. The molecule has 1 rings (SSSR count). The Morgan fingerprint density at radius 1 is 1.33 bits per heavy atom.